The van der Waals surface area contributed by atoms with Gasteiger partial charge < -0.3 is 23.7 Å². The first-order valence-corrected chi connectivity index (χ1v) is 10.7. The van der Waals surface area contributed by atoms with Gasteiger partial charge in [-0.25, -0.2) is 0 Å². The van der Waals surface area contributed by atoms with E-state index in [9.17, 15) is 0 Å². The molecule has 1 heterocycles. The fraction of sp³-hybridized carbons (Fsp3) is 0.222. The molecule has 0 aliphatic carbocycles. The van der Waals surface area contributed by atoms with E-state index >= 15 is 0 Å². The molecule has 0 atom stereocenters. The number of ether oxygens (including phenoxy) is 5. The molecule has 0 spiro atoms. The van der Waals surface area contributed by atoms with Crippen molar-refractivity contribution in [3.8, 4) is 34.1 Å². The molecule has 3 aromatic carbocycles. The van der Waals surface area contributed by atoms with Gasteiger partial charge in [0.15, 0.2) is 29.8 Å². The monoisotopic (exact) mass is 460 g/mol. The van der Waals surface area contributed by atoms with E-state index in [1.54, 1.807) is 28.4 Å². The van der Waals surface area contributed by atoms with Gasteiger partial charge in [0.1, 0.15) is 0 Å². The maximum Gasteiger partial charge on any atom is 0.188 e. The molecule has 0 aliphatic rings. The van der Waals surface area contributed by atoms with Crippen LogP contribution in [0.1, 0.15) is 11.3 Å². The minimum Gasteiger partial charge on any atom is -0.493 e. The predicted octanol–water partition coefficient (Wildman–Crippen LogP) is 5.42. The van der Waals surface area contributed by atoms with Gasteiger partial charge >= 0.3 is 0 Å². The van der Waals surface area contributed by atoms with E-state index in [4.69, 9.17) is 28.8 Å². The van der Waals surface area contributed by atoms with Gasteiger partial charge in [-0.05, 0) is 59.2 Å². The van der Waals surface area contributed by atoms with Gasteiger partial charge in [0.25, 0.3) is 0 Å². The molecule has 176 valence electrons. The Bertz CT molecular complexity index is 1330. The molecule has 0 saturated carbocycles. The normalized spacial score (nSPS) is 11.2. The zero-order valence-corrected chi connectivity index (χ0v) is 20.0. The summed E-state index contributed by atoms with van der Waals surface area (Å²) in [5.41, 5.74) is 4.99. The van der Waals surface area contributed by atoms with Crippen LogP contribution in [0.5, 0.6) is 23.0 Å². The highest BCUT2D eigenvalue weighted by atomic mass is 16.7. The van der Waals surface area contributed by atoms with Crippen LogP contribution in [0.25, 0.3) is 34.2 Å². The van der Waals surface area contributed by atoms with Crippen molar-refractivity contribution in [1.82, 2.24) is 9.78 Å². The van der Waals surface area contributed by atoms with Crippen LogP contribution in [0.2, 0.25) is 0 Å². The second-order valence-corrected chi connectivity index (χ2v) is 7.61. The molecule has 0 amide bonds. The van der Waals surface area contributed by atoms with Gasteiger partial charge in [0, 0.05) is 19.5 Å². The van der Waals surface area contributed by atoms with Crippen LogP contribution in [0.4, 0.5) is 0 Å². The van der Waals surface area contributed by atoms with Gasteiger partial charge in [-0.3, -0.25) is 4.68 Å². The van der Waals surface area contributed by atoms with Gasteiger partial charge in [-0.15, -0.1) is 0 Å². The molecule has 4 aromatic rings. The van der Waals surface area contributed by atoms with E-state index in [0.29, 0.717) is 23.0 Å². The lowest BCUT2D eigenvalue weighted by Crippen LogP contribution is -2.00. The van der Waals surface area contributed by atoms with Crippen LogP contribution >= 0.6 is 0 Å². The second kappa shape index (κ2) is 10.3. The highest BCUT2D eigenvalue weighted by Gasteiger charge is 2.11. The number of hydrogen-bond donors (Lipinski definition) is 0. The number of rotatable bonds is 9. The lowest BCUT2D eigenvalue weighted by molar-refractivity contribution is 0.0492. The second-order valence-electron chi connectivity index (χ2n) is 7.61. The Kier molecular flexibility index (Phi) is 7.04. The van der Waals surface area contributed by atoms with Crippen LogP contribution < -0.4 is 18.9 Å². The van der Waals surface area contributed by atoms with E-state index in [2.05, 4.69) is 18.2 Å². The maximum absolute atomic E-state index is 5.57. The van der Waals surface area contributed by atoms with Crippen molar-refractivity contribution in [2.45, 2.75) is 0 Å². The molecule has 0 unspecified atom stereocenters. The molecule has 0 N–H and O–H groups in total. The van der Waals surface area contributed by atoms with E-state index in [1.807, 2.05) is 60.3 Å². The number of benzene rings is 3. The molecule has 0 radical (unpaired) electrons. The Balaban J connectivity index is 1.64. The average Bonchev–Trinajstić information content (AvgIpc) is 3.20. The van der Waals surface area contributed by atoms with Gasteiger partial charge in [-0.2, -0.15) is 5.10 Å². The first-order valence-electron chi connectivity index (χ1n) is 10.7. The Hall–Kier alpha value is -3.97. The number of fused-ring (bicyclic) bond motifs is 1. The molecule has 0 saturated heterocycles. The smallest absolute Gasteiger partial charge is 0.188 e. The van der Waals surface area contributed by atoms with Crippen LogP contribution in [0, 0.1) is 0 Å². The zero-order valence-electron chi connectivity index (χ0n) is 20.0. The van der Waals surface area contributed by atoms with Crippen molar-refractivity contribution >= 4 is 23.1 Å². The molecule has 1 aromatic heterocycles. The lowest BCUT2D eigenvalue weighted by Gasteiger charge is -2.12. The third-order valence-electron chi connectivity index (χ3n) is 5.55. The Labute approximate surface area is 199 Å². The predicted molar refractivity (Wildman–Crippen MR) is 134 cm³/mol. The van der Waals surface area contributed by atoms with Gasteiger partial charge in [-0.1, -0.05) is 24.3 Å². The van der Waals surface area contributed by atoms with E-state index in [0.717, 1.165) is 33.3 Å². The first kappa shape index (κ1) is 23.2. The standard InChI is InChI=1S/C27H28N2O5/c1-29-23-15-19(20-9-13-25(34-17-30-2)27(16-20)33-5)8-10-21(23)22(28-29)11-6-18-7-12-24(31-3)26(14-18)32-4/h6-16H,17H2,1-5H3/b11-6+. The summed E-state index contributed by atoms with van der Waals surface area (Å²) in [4.78, 5) is 0. The Morgan fingerprint density at radius 1 is 0.735 bits per heavy atom. The minimum atomic E-state index is 0.163. The fourth-order valence-electron chi connectivity index (χ4n) is 3.81. The van der Waals surface area contributed by atoms with Crippen molar-refractivity contribution in [3.05, 3.63) is 65.9 Å². The molecular weight excluding hydrogens is 432 g/mol. The van der Waals surface area contributed by atoms with E-state index in [1.165, 1.54) is 0 Å². The average molecular weight is 461 g/mol. The summed E-state index contributed by atoms with van der Waals surface area (Å²) in [6.45, 7) is 0.163. The number of nitrogens with zero attached hydrogens (tertiary/aromatic N) is 2. The lowest BCUT2D eigenvalue weighted by atomic mass is 10.0. The Morgan fingerprint density at radius 2 is 1.41 bits per heavy atom. The molecule has 0 fully saturated rings. The molecule has 7 nitrogen and oxygen atoms in total. The SMILES string of the molecule is COCOc1ccc(-c2ccc3c(/C=C/c4ccc(OC)c(OC)c4)nn(C)c3c2)cc1OC. The Morgan fingerprint density at radius 3 is 2.15 bits per heavy atom. The third kappa shape index (κ3) is 4.70. The largest absolute Gasteiger partial charge is 0.493 e. The zero-order chi connectivity index (χ0) is 24.1. The topological polar surface area (TPSA) is 64.0 Å². The van der Waals surface area contributed by atoms with Gasteiger partial charge in [0.05, 0.1) is 32.5 Å². The molecule has 34 heavy (non-hydrogen) atoms. The van der Waals surface area contributed by atoms with Gasteiger partial charge in [0.2, 0.25) is 0 Å². The summed E-state index contributed by atoms with van der Waals surface area (Å²) in [6.07, 6.45) is 4.02. The first-order chi connectivity index (χ1) is 16.6. The molecular formula is C27H28N2O5. The van der Waals surface area contributed by atoms with Crippen LogP contribution in [-0.4, -0.2) is 45.0 Å². The summed E-state index contributed by atoms with van der Waals surface area (Å²) < 4.78 is 28.7. The summed E-state index contributed by atoms with van der Waals surface area (Å²) >= 11 is 0. The number of aryl methyl sites for hydroxylation is 1. The van der Waals surface area contributed by atoms with Crippen molar-refractivity contribution in [3.63, 3.8) is 0 Å². The number of methoxy groups -OCH3 is 4. The molecule has 0 bridgehead atoms. The third-order valence-corrected chi connectivity index (χ3v) is 5.55. The van der Waals surface area contributed by atoms with Crippen molar-refractivity contribution < 1.29 is 23.7 Å². The summed E-state index contributed by atoms with van der Waals surface area (Å²) in [5.74, 6) is 2.68. The van der Waals surface area contributed by atoms with Crippen LogP contribution in [0.15, 0.2) is 54.6 Å². The van der Waals surface area contributed by atoms with E-state index in [-0.39, 0.29) is 6.79 Å². The molecule has 0 aliphatic heterocycles. The fourth-order valence-corrected chi connectivity index (χ4v) is 3.81. The number of hydrogen-bond acceptors (Lipinski definition) is 6. The molecule has 7 heteroatoms. The van der Waals surface area contributed by atoms with Crippen molar-refractivity contribution in [2.75, 3.05) is 35.2 Å². The number of aromatic nitrogens is 2. The van der Waals surface area contributed by atoms with Crippen LogP contribution in [-0.2, 0) is 11.8 Å². The summed E-state index contributed by atoms with van der Waals surface area (Å²) in [7, 11) is 8.41. The summed E-state index contributed by atoms with van der Waals surface area (Å²) in [6, 6.07) is 18.0. The van der Waals surface area contributed by atoms with Crippen molar-refractivity contribution in [1.29, 1.82) is 0 Å². The van der Waals surface area contributed by atoms with Crippen molar-refractivity contribution in [2.24, 2.45) is 7.05 Å². The molecule has 4 rings (SSSR count). The quantitative estimate of drug-likeness (QED) is 0.311. The highest BCUT2D eigenvalue weighted by molar-refractivity contribution is 5.92. The van der Waals surface area contributed by atoms with Crippen LogP contribution in [0.3, 0.4) is 0 Å². The highest BCUT2D eigenvalue weighted by Crippen LogP contribution is 2.34. The minimum absolute atomic E-state index is 0.163. The van der Waals surface area contributed by atoms with E-state index < -0.39 is 0 Å². The summed E-state index contributed by atoms with van der Waals surface area (Å²) in [5, 5.41) is 5.78. The maximum atomic E-state index is 5.57.